The van der Waals surface area contributed by atoms with E-state index in [0.29, 0.717) is 11.0 Å². The molecule has 2 N–H and O–H groups in total. The third kappa shape index (κ3) is 4.47. The molecule has 129 valence electrons. The first kappa shape index (κ1) is 18.3. The smallest absolute Gasteiger partial charge is 0.871 e. The van der Waals surface area contributed by atoms with E-state index in [0.717, 1.165) is 10.9 Å². The molecule has 2 aromatic heterocycles. The molecule has 4 aromatic rings. The minimum atomic E-state index is -1.38. The van der Waals surface area contributed by atoms with Gasteiger partial charge in [0.05, 0.1) is 16.6 Å². The van der Waals surface area contributed by atoms with Gasteiger partial charge < -0.3 is 25.3 Å². The summed E-state index contributed by atoms with van der Waals surface area (Å²) in [6.45, 7) is 0. The summed E-state index contributed by atoms with van der Waals surface area (Å²) < 4.78 is 0. The van der Waals surface area contributed by atoms with Gasteiger partial charge in [0.1, 0.15) is 6.09 Å². The number of aromatic nitrogens is 3. The number of nitrogens with zero attached hydrogens (tertiary/aromatic N) is 2. The van der Waals surface area contributed by atoms with Crippen LogP contribution in [-0.4, -0.2) is 21.0 Å². The normalized spacial score (nSPS) is 9.76. The number of H-pyrrole nitrogens is 1. The molecule has 0 unspecified atom stereocenters. The topological polar surface area (TPSA) is 117 Å². The first-order chi connectivity index (χ1) is 11.6. The second-order valence-corrected chi connectivity index (χ2v) is 4.85. The Bertz CT molecular complexity index is 965. The standard InChI is InChI=1S/C9H7NO.C8H7N3O2.Cu/c11-8-5-1-3-7-4-2-6-10-9(7)8;12-8(13)11-7-9-5-3-1-2-4-6(5)10-7;/h1-6,11H;1-4H,(H,12,13)(H2,9,10,11);/q;;+2/p-2. The van der Waals surface area contributed by atoms with Gasteiger partial charge in [0.2, 0.25) is 5.95 Å². The number of hydrogen-bond acceptors (Lipinski definition) is 5. The molecule has 1 amide bonds. The van der Waals surface area contributed by atoms with Crippen LogP contribution in [0.25, 0.3) is 21.9 Å². The third-order valence-electron chi connectivity index (χ3n) is 3.21. The number of amides is 1. The van der Waals surface area contributed by atoms with Crippen LogP contribution in [0.4, 0.5) is 10.7 Å². The van der Waals surface area contributed by atoms with E-state index in [1.54, 1.807) is 18.3 Å². The number of benzene rings is 2. The van der Waals surface area contributed by atoms with Gasteiger partial charge in [-0.1, -0.05) is 42.1 Å². The van der Waals surface area contributed by atoms with Crippen molar-refractivity contribution in [2.75, 3.05) is 5.32 Å². The molecule has 0 aliphatic rings. The molecule has 2 heterocycles. The van der Waals surface area contributed by atoms with Crippen molar-refractivity contribution in [2.24, 2.45) is 0 Å². The number of para-hydroxylation sites is 3. The second-order valence-electron chi connectivity index (χ2n) is 4.85. The molecule has 4 rings (SSSR count). The van der Waals surface area contributed by atoms with E-state index >= 15 is 0 Å². The van der Waals surface area contributed by atoms with Gasteiger partial charge in [0.25, 0.3) is 0 Å². The quantitative estimate of drug-likeness (QED) is 0.484. The molecule has 0 aliphatic carbocycles. The summed E-state index contributed by atoms with van der Waals surface area (Å²) in [6.07, 6.45) is 0.253. The Hall–Kier alpha value is -3.09. The predicted octanol–water partition coefficient (Wildman–Crippen LogP) is 1.62. The van der Waals surface area contributed by atoms with Gasteiger partial charge in [0, 0.05) is 6.20 Å². The molecule has 2 aromatic carbocycles. The van der Waals surface area contributed by atoms with Crippen LogP contribution in [0.1, 0.15) is 0 Å². The van der Waals surface area contributed by atoms with E-state index < -0.39 is 6.09 Å². The van der Waals surface area contributed by atoms with E-state index in [4.69, 9.17) is 0 Å². The predicted molar refractivity (Wildman–Crippen MR) is 86.3 cm³/mol. The number of pyridine rings is 1. The van der Waals surface area contributed by atoms with Crippen molar-refractivity contribution in [1.82, 2.24) is 15.0 Å². The molecule has 0 saturated carbocycles. The molecular weight excluding hydrogens is 372 g/mol. The third-order valence-corrected chi connectivity index (χ3v) is 3.21. The number of rotatable bonds is 1. The minimum absolute atomic E-state index is 0. The van der Waals surface area contributed by atoms with E-state index in [1.807, 2.05) is 41.7 Å². The van der Waals surface area contributed by atoms with Crippen molar-refractivity contribution in [1.29, 1.82) is 0 Å². The Morgan fingerprint density at radius 3 is 2.52 bits per heavy atom. The Morgan fingerprint density at radius 2 is 1.80 bits per heavy atom. The number of carboxylic acid groups (broad SMARTS) is 1. The zero-order valence-corrected chi connectivity index (χ0v) is 13.6. The van der Waals surface area contributed by atoms with Gasteiger partial charge in [-0.3, -0.25) is 4.98 Å². The minimum Gasteiger partial charge on any atom is -0.871 e. The van der Waals surface area contributed by atoms with E-state index in [-0.39, 0.29) is 28.8 Å². The first-order valence-electron chi connectivity index (χ1n) is 7.07. The molecule has 0 atom stereocenters. The van der Waals surface area contributed by atoms with E-state index in [1.165, 1.54) is 6.07 Å². The van der Waals surface area contributed by atoms with Crippen LogP contribution in [0.3, 0.4) is 0 Å². The maximum Gasteiger partial charge on any atom is 2.00 e. The molecule has 7 nitrogen and oxygen atoms in total. The number of nitrogens with one attached hydrogen (secondary N) is 2. The van der Waals surface area contributed by atoms with Gasteiger partial charge in [0.15, 0.2) is 0 Å². The zero-order valence-electron chi connectivity index (χ0n) is 12.7. The number of carbonyl (C=O) groups is 1. The Morgan fingerprint density at radius 1 is 1.04 bits per heavy atom. The van der Waals surface area contributed by atoms with E-state index in [2.05, 4.69) is 15.0 Å². The summed E-state index contributed by atoms with van der Waals surface area (Å²) >= 11 is 0. The molecule has 8 heteroatoms. The summed E-state index contributed by atoms with van der Waals surface area (Å²) in [6, 6.07) is 16.1. The van der Waals surface area contributed by atoms with Crippen molar-refractivity contribution in [3.63, 3.8) is 0 Å². The van der Waals surface area contributed by atoms with Crippen molar-refractivity contribution in [3.05, 3.63) is 60.8 Å². The molecule has 0 spiro atoms. The van der Waals surface area contributed by atoms with Crippen LogP contribution in [0.5, 0.6) is 5.75 Å². The molecular formula is C17H12CuN4O3. The van der Waals surface area contributed by atoms with Crippen LogP contribution in [0, 0.1) is 0 Å². The van der Waals surface area contributed by atoms with Crippen molar-refractivity contribution < 1.29 is 32.1 Å². The molecule has 0 fully saturated rings. The average Bonchev–Trinajstić information content (AvgIpc) is 2.97. The first-order valence-corrected chi connectivity index (χ1v) is 7.07. The molecule has 25 heavy (non-hydrogen) atoms. The van der Waals surface area contributed by atoms with Gasteiger partial charge in [-0.05, 0) is 23.6 Å². The van der Waals surface area contributed by atoms with E-state index in [9.17, 15) is 15.0 Å². The number of hydrogen-bond donors (Lipinski definition) is 2. The second kappa shape index (κ2) is 8.14. The van der Waals surface area contributed by atoms with Gasteiger partial charge in [-0.25, -0.2) is 4.98 Å². The Labute approximate surface area is 153 Å². The van der Waals surface area contributed by atoms with Gasteiger partial charge in [-0.15, -0.1) is 0 Å². The molecule has 1 radical (unpaired) electrons. The summed E-state index contributed by atoms with van der Waals surface area (Å²) in [5.41, 5.74) is 2.05. The fourth-order valence-electron chi connectivity index (χ4n) is 2.18. The number of imidazole rings is 1. The maximum absolute atomic E-state index is 11.1. The van der Waals surface area contributed by atoms with Crippen molar-refractivity contribution >= 4 is 34.0 Å². The summed E-state index contributed by atoms with van der Waals surface area (Å²) in [5, 5.41) is 24.2. The van der Waals surface area contributed by atoms with Crippen LogP contribution >= 0.6 is 0 Å². The number of aromatic amines is 1. The Kier molecular flexibility index (Phi) is 5.94. The van der Waals surface area contributed by atoms with Crippen LogP contribution in [-0.2, 0) is 17.1 Å². The number of fused-ring (bicyclic) bond motifs is 2. The maximum atomic E-state index is 11.1. The van der Waals surface area contributed by atoms with Crippen LogP contribution < -0.4 is 15.5 Å². The van der Waals surface area contributed by atoms with Crippen molar-refractivity contribution in [3.8, 4) is 5.75 Å². The fraction of sp³-hybridized carbons (Fsp3) is 0. The fourth-order valence-corrected chi connectivity index (χ4v) is 2.18. The monoisotopic (exact) mass is 383 g/mol. The van der Waals surface area contributed by atoms with Crippen molar-refractivity contribution in [2.45, 2.75) is 0 Å². The molecule has 0 aliphatic heterocycles. The van der Waals surface area contributed by atoms with Gasteiger partial charge in [-0.2, -0.15) is 0 Å². The Balaban J connectivity index is 0.000000175. The van der Waals surface area contributed by atoms with Crippen LogP contribution in [0.15, 0.2) is 60.8 Å². The number of carbonyl (C=O) groups excluding carboxylic acids is 1. The number of anilines is 1. The summed E-state index contributed by atoms with van der Waals surface area (Å²) in [4.78, 5) is 20.9. The van der Waals surface area contributed by atoms with Crippen LogP contribution in [0.2, 0.25) is 0 Å². The summed E-state index contributed by atoms with van der Waals surface area (Å²) in [5.74, 6) is 0.171. The average molecular weight is 384 g/mol. The molecule has 0 saturated heterocycles. The SMILES string of the molecule is O=C([O-])Nc1nc2ccccc2[nH]1.[Cu+2].[O-]c1cccc2cccnc12. The molecule has 0 bridgehead atoms. The van der Waals surface area contributed by atoms with Gasteiger partial charge >= 0.3 is 17.1 Å². The largest absolute Gasteiger partial charge is 2.00 e. The zero-order chi connectivity index (χ0) is 16.9. The summed E-state index contributed by atoms with van der Waals surface area (Å²) in [7, 11) is 0.